The molecule has 0 fully saturated rings. The molecule has 0 spiro atoms. The largest absolute Gasteiger partial charge is 0.463 e. The normalized spacial score (nSPS) is 21.0. The van der Waals surface area contributed by atoms with Crippen LogP contribution in [0.25, 0.3) is 5.57 Å². The van der Waals surface area contributed by atoms with E-state index < -0.39 is 18.8 Å². The van der Waals surface area contributed by atoms with Gasteiger partial charge in [-0.25, -0.2) is 4.79 Å². The Morgan fingerprint density at radius 3 is 2.05 bits per heavy atom. The van der Waals surface area contributed by atoms with Crippen molar-refractivity contribution in [1.82, 2.24) is 4.90 Å². The molecule has 0 saturated heterocycles. The molecule has 0 saturated carbocycles. The Hall–Kier alpha value is -3.00. The number of ether oxygens (including phenoxy) is 3. The molecule has 2 aromatic carbocycles. The van der Waals surface area contributed by atoms with E-state index in [4.69, 9.17) is 14.2 Å². The number of rotatable bonds is 12. The van der Waals surface area contributed by atoms with Gasteiger partial charge in [-0.15, -0.1) is 0 Å². The quantitative estimate of drug-likeness (QED) is 0.135. The fraction of sp³-hybridized carbons (Fsp3) is 0.438. The first-order chi connectivity index (χ1) is 18.6. The van der Waals surface area contributed by atoms with E-state index >= 15 is 0 Å². The predicted octanol–water partition coefficient (Wildman–Crippen LogP) is 6.25. The van der Waals surface area contributed by atoms with Crippen LogP contribution < -0.4 is 0 Å². The highest BCUT2D eigenvalue weighted by Gasteiger charge is 2.61. The minimum absolute atomic E-state index is 0.189. The molecule has 210 valence electrons. The molecular weight excluding hydrogens is 506 g/mol. The number of hydrogen-bond acceptors (Lipinski definition) is 6. The van der Waals surface area contributed by atoms with Crippen molar-refractivity contribution in [3.05, 3.63) is 89.5 Å². The van der Waals surface area contributed by atoms with Crippen molar-refractivity contribution in [2.75, 3.05) is 32.9 Å². The summed E-state index contributed by atoms with van der Waals surface area (Å²) in [6.07, 6.45) is 6.72. The van der Waals surface area contributed by atoms with Crippen molar-refractivity contribution < 1.29 is 23.8 Å². The molecule has 3 rings (SSSR count). The van der Waals surface area contributed by atoms with Gasteiger partial charge in [-0.1, -0.05) is 88.1 Å². The predicted molar refractivity (Wildman–Crippen MR) is 159 cm³/mol. The molecule has 6 nitrogen and oxygen atoms in total. The summed E-state index contributed by atoms with van der Waals surface area (Å²) in [5.41, 5.74) is 3.02. The number of carbonyl (C=O) groups is 2. The van der Waals surface area contributed by atoms with Crippen molar-refractivity contribution in [3.8, 4) is 0 Å². The van der Waals surface area contributed by atoms with E-state index in [2.05, 4.69) is 80.9 Å². The molecule has 2 atom stereocenters. The third-order valence-corrected chi connectivity index (χ3v) is 10.7. The first-order valence-corrected chi connectivity index (χ1v) is 17.3. The van der Waals surface area contributed by atoms with E-state index in [0.29, 0.717) is 12.2 Å². The van der Waals surface area contributed by atoms with Crippen LogP contribution in [0.5, 0.6) is 0 Å². The number of likely N-dealkylation sites (N-methyl/N-ethyl adjacent to an activating group) is 1. The van der Waals surface area contributed by atoms with Gasteiger partial charge >= 0.3 is 11.9 Å². The Morgan fingerprint density at radius 1 is 0.872 bits per heavy atom. The molecule has 0 heterocycles. The molecule has 0 aromatic heterocycles. The summed E-state index contributed by atoms with van der Waals surface area (Å²) in [5, 5.41) is -0.493. The van der Waals surface area contributed by atoms with Gasteiger partial charge < -0.3 is 14.2 Å². The first kappa shape index (κ1) is 30.5. The van der Waals surface area contributed by atoms with Gasteiger partial charge in [-0.2, -0.15) is 0 Å². The van der Waals surface area contributed by atoms with Gasteiger partial charge in [0.15, 0.2) is 5.72 Å². The van der Waals surface area contributed by atoms with Crippen LogP contribution in [0.1, 0.15) is 49.2 Å². The van der Waals surface area contributed by atoms with Gasteiger partial charge in [-0.3, -0.25) is 9.69 Å². The van der Waals surface area contributed by atoms with Crippen LogP contribution in [0.2, 0.25) is 19.6 Å². The van der Waals surface area contributed by atoms with Crippen LogP contribution in [-0.4, -0.2) is 63.5 Å². The van der Waals surface area contributed by atoms with E-state index in [1.165, 1.54) is 12.5 Å². The number of carbonyl (C=O) groups excluding carboxylic acids is 2. The Bertz CT molecular complexity index is 1180. The summed E-state index contributed by atoms with van der Waals surface area (Å²) in [6, 6.07) is 18.2. The average Bonchev–Trinajstić information content (AvgIpc) is 2.92. The Balaban J connectivity index is 2.25. The van der Waals surface area contributed by atoms with E-state index in [0.717, 1.165) is 24.2 Å². The smallest absolute Gasteiger partial charge is 0.338 e. The minimum atomic E-state index is -2.15. The molecule has 7 heteroatoms. The highest BCUT2D eigenvalue weighted by molar-refractivity contribution is 6.80. The molecule has 0 radical (unpaired) electrons. The summed E-state index contributed by atoms with van der Waals surface area (Å²) in [6.45, 7) is 17.0. The number of allylic oxidation sites excluding steroid dienone is 2. The van der Waals surface area contributed by atoms with Gasteiger partial charge in [0.2, 0.25) is 0 Å². The lowest BCUT2D eigenvalue weighted by atomic mass is 9.78. The van der Waals surface area contributed by atoms with Crippen LogP contribution in [0.3, 0.4) is 0 Å². The van der Waals surface area contributed by atoms with Crippen LogP contribution in [0.4, 0.5) is 0 Å². The second-order valence-electron chi connectivity index (χ2n) is 10.7. The second-order valence-corrected chi connectivity index (χ2v) is 16.0. The summed E-state index contributed by atoms with van der Waals surface area (Å²) < 4.78 is 17.4. The highest BCUT2D eigenvalue weighted by Crippen LogP contribution is 2.53. The maximum Gasteiger partial charge on any atom is 0.338 e. The maximum absolute atomic E-state index is 12.2. The van der Waals surface area contributed by atoms with Crippen LogP contribution in [0, 0.1) is 0 Å². The molecular formula is C32H43NO5Si. The Labute approximate surface area is 234 Å². The number of esters is 2. The zero-order chi connectivity index (χ0) is 28.7. The lowest BCUT2D eigenvalue weighted by Crippen LogP contribution is -2.71. The van der Waals surface area contributed by atoms with Gasteiger partial charge in [0.1, 0.15) is 6.61 Å². The third kappa shape index (κ3) is 6.11. The molecule has 0 aliphatic heterocycles. The molecule has 39 heavy (non-hydrogen) atoms. The summed E-state index contributed by atoms with van der Waals surface area (Å²) in [5.74, 6) is -0.637. The summed E-state index contributed by atoms with van der Waals surface area (Å²) >= 11 is 0. The zero-order valence-corrected chi connectivity index (χ0v) is 25.5. The fourth-order valence-corrected chi connectivity index (χ4v) is 8.78. The van der Waals surface area contributed by atoms with Crippen LogP contribution in [0.15, 0.2) is 72.8 Å². The van der Waals surface area contributed by atoms with Gasteiger partial charge in [-0.05, 0) is 54.9 Å². The third-order valence-electron chi connectivity index (χ3n) is 7.51. The molecule has 1 aliphatic rings. The molecule has 2 unspecified atom stereocenters. The van der Waals surface area contributed by atoms with Crippen molar-refractivity contribution in [2.45, 2.75) is 58.1 Å². The fourth-order valence-electron chi connectivity index (χ4n) is 5.77. The average molecular weight is 550 g/mol. The Morgan fingerprint density at radius 2 is 1.51 bits per heavy atom. The number of benzene rings is 2. The second kappa shape index (κ2) is 12.9. The maximum atomic E-state index is 12.2. The lowest BCUT2D eigenvalue weighted by molar-refractivity contribution is -0.160. The van der Waals surface area contributed by atoms with Gasteiger partial charge in [0, 0.05) is 6.92 Å². The summed E-state index contributed by atoms with van der Waals surface area (Å²) in [7, 11) is -2.15. The number of nitrogens with zero attached hydrogens (tertiary/aromatic N) is 1. The first-order valence-electron chi connectivity index (χ1n) is 13.8. The monoisotopic (exact) mass is 549 g/mol. The number of hydrogen-bond donors (Lipinski definition) is 0. The van der Waals surface area contributed by atoms with Crippen molar-refractivity contribution in [1.29, 1.82) is 0 Å². The summed E-state index contributed by atoms with van der Waals surface area (Å²) in [4.78, 5) is 26.1. The SMILES string of the molecule is CCOC(=O)c1ccc(C2=CC(c3ccccc3)([Si](C)(C)C)C(OCCOC(C)=O)(N(CC)CC)C=C2)cc1. The topological polar surface area (TPSA) is 65.1 Å². The molecule has 0 amide bonds. The van der Waals surface area contributed by atoms with E-state index in [-0.39, 0.29) is 25.2 Å². The standard InChI is InChI=1S/C32H43NO5Si/c1-8-33(9-2)32(38-23-22-37-25(4)34)21-20-28(26-16-18-27(19-17-26)30(35)36-10-3)24-31(32,39(5,6)7)29-14-12-11-13-15-29/h11-21,24H,8-10,22-23H2,1-7H3. The Kier molecular flexibility index (Phi) is 10.1. The van der Waals surface area contributed by atoms with E-state index in [9.17, 15) is 9.59 Å². The van der Waals surface area contributed by atoms with Crippen molar-refractivity contribution >= 4 is 25.6 Å². The van der Waals surface area contributed by atoms with Crippen LogP contribution in [-0.2, 0) is 24.0 Å². The van der Waals surface area contributed by atoms with Crippen LogP contribution >= 0.6 is 0 Å². The van der Waals surface area contributed by atoms with Crippen molar-refractivity contribution in [2.24, 2.45) is 0 Å². The van der Waals surface area contributed by atoms with Crippen molar-refractivity contribution in [3.63, 3.8) is 0 Å². The van der Waals surface area contributed by atoms with Gasteiger partial charge in [0.05, 0.1) is 31.9 Å². The zero-order valence-electron chi connectivity index (χ0n) is 24.5. The highest BCUT2D eigenvalue weighted by atomic mass is 28.3. The van der Waals surface area contributed by atoms with E-state index in [1.807, 2.05) is 30.3 Å². The lowest BCUT2D eigenvalue weighted by Gasteiger charge is -2.59. The van der Waals surface area contributed by atoms with E-state index in [1.54, 1.807) is 6.92 Å². The molecule has 0 bridgehead atoms. The molecule has 0 N–H and O–H groups in total. The van der Waals surface area contributed by atoms with Gasteiger partial charge in [0.25, 0.3) is 0 Å². The molecule has 2 aromatic rings. The molecule has 1 aliphatic carbocycles. The minimum Gasteiger partial charge on any atom is -0.463 e.